The van der Waals surface area contributed by atoms with Gasteiger partial charge in [0, 0.05) is 37.2 Å². The minimum atomic E-state index is -0.0452. The lowest BCUT2D eigenvalue weighted by Crippen LogP contribution is -2.26. The van der Waals surface area contributed by atoms with Gasteiger partial charge >= 0.3 is 0 Å². The van der Waals surface area contributed by atoms with Crippen LogP contribution in [-0.2, 0) is 13.6 Å². The number of carbonyl (C=O) groups excluding carboxylic acids is 1. The van der Waals surface area contributed by atoms with E-state index in [9.17, 15) is 4.79 Å². The molecule has 0 aliphatic carbocycles. The molecule has 0 bridgehead atoms. The minimum absolute atomic E-state index is 0.0452. The molecule has 5 heteroatoms. The van der Waals surface area contributed by atoms with Gasteiger partial charge in [-0.05, 0) is 18.2 Å². The quantitative estimate of drug-likeness (QED) is 0.629. The van der Waals surface area contributed by atoms with Gasteiger partial charge in [-0.3, -0.25) is 4.79 Å². The highest BCUT2D eigenvalue weighted by Crippen LogP contribution is 2.20. The molecular weight excluding hydrogens is 300 g/mol. The van der Waals surface area contributed by atoms with Crippen LogP contribution in [0.5, 0.6) is 0 Å². The Morgan fingerprint density at radius 1 is 1.08 bits per heavy atom. The van der Waals surface area contributed by atoms with E-state index in [1.165, 1.54) is 0 Å². The Kier molecular flexibility index (Phi) is 3.54. The van der Waals surface area contributed by atoms with Crippen LogP contribution in [0.2, 0.25) is 0 Å². The lowest BCUT2D eigenvalue weighted by atomic mass is 10.1. The van der Waals surface area contributed by atoms with Crippen LogP contribution in [0.4, 0.5) is 0 Å². The number of carbonyl (C=O) groups is 1. The molecule has 0 saturated heterocycles. The summed E-state index contributed by atoms with van der Waals surface area (Å²) in [4.78, 5) is 16.9. The van der Waals surface area contributed by atoms with Crippen LogP contribution in [0.3, 0.4) is 0 Å². The standard InChI is InChI=1S/C19H18N4O/c1-22-12-15(14-6-2-4-8-17(14)22)19(24)20-10-11-23-13-21-16-7-3-5-9-18(16)23/h2-9,12-13H,10-11H2,1H3,(H,20,24). The Bertz CT molecular complexity index is 1030. The molecule has 0 aliphatic heterocycles. The third kappa shape index (κ3) is 2.44. The lowest BCUT2D eigenvalue weighted by molar-refractivity contribution is 0.0954. The molecule has 2 aromatic heterocycles. The Morgan fingerprint density at radius 3 is 2.71 bits per heavy atom. The second-order valence-corrected chi connectivity index (χ2v) is 5.85. The number of benzene rings is 2. The van der Waals surface area contributed by atoms with E-state index in [4.69, 9.17) is 0 Å². The summed E-state index contributed by atoms with van der Waals surface area (Å²) in [6, 6.07) is 15.9. The summed E-state index contributed by atoms with van der Waals surface area (Å²) in [5, 5.41) is 3.98. The third-order valence-electron chi connectivity index (χ3n) is 4.31. The predicted octanol–water partition coefficient (Wildman–Crippen LogP) is 2.96. The van der Waals surface area contributed by atoms with Gasteiger partial charge in [0.15, 0.2) is 0 Å². The first-order valence-electron chi connectivity index (χ1n) is 7.96. The van der Waals surface area contributed by atoms with Crippen LogP contribution in [0.15, 0.2) is 61.1 Å². The van der Waals surface area contributed by atoms with E-state index in [0.717, 1.165) is 21.9 Å². The van der Waals surface area contributed by atoms with Gasteiger partial charge in [0.2, 0.25) is 0 Å². The molecule has 0 atom stereocenters. The predicted molar refractivity (Wildman–Crippen MR) is 95.0 cm³/mol. The van der Waals surface area contributed by atoms with Crippen molar-refractivity contribution in [3.63, 3.8) is 0 Å². The molecule has 1 amide bonds. The van der Waals surface area contributed by atoms with Crippen LogP contribution in [0, 0.1) is 0 Å². The highest BCUT2D eigenvalue weighted by atomic mass is 16.1. The lowest BCUT2D eigenvalue weighted by Gasteiger charge is -2.06. The van der Waals surface area contributed by atoms with Crippen molar-refractivity contribution in [2.75, 3.05) is 6.54 Å². The normalized spacial score (nSPS) is 11.2. The van der Waals surface area contributed by atoms with Gasteiger partial charge in [-0.2, -0.15) is 0 Å². The summed E-state index contributed by atoms with van der Waals surface area (Å²) in [7, 11) is 1.96. The van der Waals surface area contributed by atoms with Gasteiger partial charge in [-0.25, -0.2) is 4.98 Å². The van der Waals surface area contributed by atoms with Crippen LogP contribution in [-0.4, -0.2) is 26.6 Å². The van der Waals surface area contributed by atoms with E-state index in [2.05, 4.69) is 14.9 Å². The number of hydrogen-bond acceptors (Lipinski definition) is 2. The summed E-state index contributed by atoms with van der Waals surface area (Å²) in [5.41, 5.74) is 3.82. The van der Waals surface area contributed by atoms with Gasteiger partial charge < -0.3 is 14.5 Å². The van der Waals surface area contributed by atoms with Gasteiger partial charge in [-0.1, -0.05) is 30.3 Å². The minimum Gasteiger partial charge on any atom is -0.350 e. The SMILES string of the molecule is Cn1cc(C(=O)NCCn2cnc3ccccc32)c2ccccc21. The van der Waals surface area contributed by atoms with Crippen molar-refractivity contribution in [3.05, 3.63) is 66.6 Å². The smallest absolute Gasteiger partial charge is 0.253 e. The molecule has 0 fully saturated rings. The third-order valence-corrected chi connectivity index (χ3v) is 4.31. The number of amides is 1. The van der Waals surface area contributed by atoms with Crippen LogP contribution in [0.25, 0.3) is 21.9 Å². The van der Waals surface area contributed by atoms with Crippen LogP contribution >= 0.6 is 0 Å². The van der Waals surface area contributed by atoms with Crippen LogP contribution in [0.1, 0.15) is 10.4 Å². The van der Waals surface area contributed by atoms with E-state index >= 15 is 0 Å². The van der Waals surface area contributed by atoms with Crippen molar-refractivity contribution in [2.45, 2.75) is 6.54 Å². The van der Waals surface area contributed by atoms with Gasteiger partial charge in [0.1, 0.15) is 0 Å². The van der Waals surface area contributed by atoms with Crippen molar-refractivity contribution in [2.24, 2.45) is 7.05 Å². The molecule has 0 unspecified atom stereocenters. The molecule has 5 nitrogen and oxygen atoms in total. The summed E-state index contributed by atoms with van der Waals surface area (Å²) in [5.74, 6) is -0.0452. The van der Waals surface area contributed by atoms with E-state index < -0.39 is 0 Å². The molecule has 1 N–H and O–H groups in total. The largest absolute Gasteiger partial charge is 0.350 e. The number of imidazole rings is 1. The zero-order valence-corrected chi connectivity index (χ0v) is 13.4. The van der Waals surface area contributed by atoms with E-state index in [1.807, 2.05) is 72.7 Å². The number of aromatic nitrogens is 3. The first-order chi connectivity index (χ1) is 11.7. The maximum absolute atomic E-state index is 12.5. The van der Waals surface area contributed by atoms with Crippen molar-refractivity contribution >= 4 is 27.8 Å². The monoisotopic (exact) mass is 318 g/mol. The summed E-state index contributed by atoms with van der Waals surface area (Å²) in [6.07, 6.45) is 3.70. The second kappa shape index (κ2) is 5.85. The van der Waals surface area contributed by atoms with Gasteiger partial charge in [0.05, 0.1) is 22.9 Å². The Labute approximate surface area is 139 Å². The first-order valence-corrected chi connectivity index (χ1v) is 7.96. The number of nitrogens with zero attached hydrogens (tertiary/aromatic N) is 3. The summed E-state index contributed by atoms with van der Waals surface area (Å²) >= 11 is 0. The fraction of sp³-hybridized carbons (Fsp3) is 0.158. The van der Waals surface area contributed by atoms with Crippen molar-refractivity contribution in [1.82, 2.24) is 19.4 Å². The zero-order valence-electron chi connectivity index (χ0n) is 13.4. The molecule has 0 radical (unpaired) electrons. The van der Waals surface area contributed by atoms with Crippen molar-refractivity contribution in [1.29, 1.82) is 0 Å². The molecule has 0 aliphatic rings. The molecule has 24 heavy (non-hydrogen) atoms. The Hall–Kier alpha value is -3.08. The fourth-order valence-corrected chi connectivity index (χ4v) is 3.10. The topological polar surface area (TPSA) is 51.9 Å². The second-order valence-electron chi connectivity index (χ2n) is 5.85. The summed E-state index contributed by atoms with van der Waals surface area (Å²) in [6.45, 7) is 1.25. The number of hydrogen-bond donors (Lipinski definition) is 1. The van der Waals surface area contributed by atoms with Crippen molar-refractivity contribution < 1.29 is 4.79 Å². The number of fused-ring (bicyclic) bond motifs is 2. The maximum atomic E-state index is 12.5. The highest BCUT2D eigenvalue weighted by Gasteiger charge is 2.13. The Balaban J connectivity index is 1.48. The van der Waals surface area contributed by atoms with Crippen molar-refractivity contribution in [3.8, 4) is 0 Å². The summed E-state index contributed by atoms with van der Waals surface area (Å²) < 4.78 is 4.03. The molecule has 2 aromatic carbocycles. The first kappa shape index (κ1) is 14.5. The van der Waals surface area contributed by atoms with E-state index in [-0.39, 0.29) is 5.91 Å². The highest BCUT2D eigenvalue weighted by molar-refractivity contribution is 6.06. The van der Waals surface area contributed by atoms with Crippen LogP contribution < -0.4 is 5.32 Å². The average molecular weight is 318 g/mol. The maximum Gasteiger partial charge on any atom is 0.253 e. The van der Waals surface area contributed by atoms with E-state index in [0.29, 0.717) is 18.7 Å². The van der Waals surface area contributed by atoms with E-state index in [1.54, 1.807) is 0 Å². The molecule has 2 heterocycles. The zero-order chi connectivity index (χ0) is 16.5. The molecule has 4 rings (SSSR count). The Morgan fingerprint density at radius 2 is 1.83 bits per heavy atom. The molecular formula is C19H18N4O. The van der Waals surface area contributed by atoms with Gasteiger partial charge in [-0.15, -0.1) is 0 Å². The van der Waals surface area contributed by atoms with Gasteiger partial charge in [0.25, 0.3) is 5.91 Å². The number of aryl methyl sites for hydroxylation is 1. The number of nitrogens with one attached hydrogen (secondary N) is 1. The average Bonchev–Trinajstić information content (AvgIpc) is 3.17. The number of rotatable bonds is 4. The number of para-hydroxylation sites is 3. The fourth-order valence-electron chi connectivity index (χ4n) is 3.10. The molecule has 0 spiro atoms. The molecule has 4 aromatic rings. The molecule has 120 valence electrons. The molecule has 0 saturated carbocycles.